The third kappa shape index (κ3) is 4.78. The highest BCUT2D eigenvalue weighted by atomic mass is 32.1. The van der Waals surface area contributed by atoms with E-state index in [1.165, 1.54) is 18.2 Å². The van der Waals surface area contributed by atoms with Gasteiger partial charge >= 0.3 is 6.03 Å². The molecule has 4 nitrogen and oxygen atoms in total. The van der Waals surface area contributed by atoms with E-state index in [1.54, 1.807) is 6.07 Å². The Hall–Kier alpha value is -1.69. The van der Waals surface area contributed by atoms with E-state index >= 15 is 0 Å². The number of hydrogen-bond donors (Lipinski definition) is 3. The predicted octanol–water partition coefficient (Wildman–Crippen LogP) is 1.87. The molecule has 0 aliphatic carbocycles. The summed E-state index contributed by atoms with van der Waals surface area (Å²) in [5.41, 5.74) is 5.80. The van der Waals surface area contributed by atoms with Gasteiger partial charge in [-0.15, -0.1) is 0 Å². The van der Waals surface area contributed by atoms with Crippen molar-refractivity contribution in [2.24, 2.45) is 11.7 Å². The van der Waals surface area contributed by atoms with Crippen LogP contribution >= 0.6 is 12.2 Å². The zero-order valence-electron chi connectivity index (χ0n) is 9.37. The molecule has 4 N–H and O–H groups in total. The van der Waals surface area contributed by atoms with Gasteiger partial charge in [-0.1, -0.05) is 25.2 Å². The maximum atomic E-state index is 12.8. The quantitative estimate of drug-likeness (QED) is 0.719. The molecular weight excluding hydrogens is 241 g/mol. The summed E-state index contributed by atoms with van der Waals surface area (Å²) in [5, 5.41) is 5.09. The van der Waals surface area contributed by atoms with Gasteiger partial charge in [0.1, 0.15) is 5.82 Å². The van der Waals surface area contributed by atoms with Crippen molar-refractivity contribution in [1.29, 1.82) is 0 Å². The van der Waals surface area contributed by atoms with E-state index in [2.05, 4.69) is 10.6 Å². The van der Waals surface area contributed by atoms with E-state index < -0.39 is 11.8 Å². The number of urea groups is 1. The Kier molecular flexibility index (Phi) is 4.84. The van der Waals surface area contributed by atoms with Gasteiger partial charge in [-0.3, -0.25) is 0 Å². The first kappa shape index (κ1) is 13.4. The monoisotopic (exact) mass is 255 g/mol. The number of benzene rings is 1. The van der Waals surface area contributed by atoms with Crippen LogP contribution < -0.4 is 16.4 Å². The van der Waals surface area contributed by atoms with Crippen LogP contribution in [0.4, 0.5) is 14.9 Å². The third-order valence-electron chi connectivity index (χ3n) is 2.14. The molecule has 0 aliphatic rings. The van der Waals surface area contributed by atoms with Crippen molar-refractivity contribution in [3.63, 3.8) is 0 Å². The molecule has 1 aromatic carbocycles. The van der Waals surface area contributed by atoms with Crippen molar-refractivity contribution < 1.29 is 9.18 Å². The van der Waals surface area contributed by atoms with Gasteiger partial charge in [0.15, 0.2) is 0 Å². The van der Waals surface area contributed by atoms with Gasteiger partial charge in [0.2, 0.25) is 0 Å². The van der Waals surface area contributed by atoms with Crippen molar-refractivity contribution in [2.45, 2.75) is 6.92 Å². The fourth-order valence-electron chi connectivity index (χ4n) is 1.09. The zero-order chi connectivity index (χ0) is 12.8. The van der Waals surface area contributed by atoms with Gasteiger partial charge in [0, 0.05) is 18.2 Å². The molecule has 0 aromatic heterocycles. The van der Waals surface area contributed by atoms with E-state index in [4.69, 9.17) is 18.0 Å². The van der Waals surface area contributed by atoms with Gasteiger partial charge < -0.3 is 16.4 Å². The van der Waals surface area contributed by atoms with E-state index in [9.17, 15) is 9.18 Å². The fraction of sp³-hybridized carbons (Fsp3) is 0.273. The largest absolute Gasteiger partial charge is 0.393 e. The van der Waals surface area contributed by atoms with Gasteiger partial charge in [-0.25, -0.2) is 9.18 Å². The molecule has 0 aliphatic heterocycles. The summed E-state index contributed by atoms with van der Waals surface area (Å²) >= 11 is 4.77. The maximum Gasteiger partial charge on any atom is 0.319 e. The van der Waals surface area contributed by atoms with Crippen LogP contribution in [0, 0.1) is 11.7 Å². The zero-order valence-corrected chi connectivity index (χ0v) is 10.2. The number of thiocarbonyl (C=S) groups is 1. The lowest BCUT2D eigenvalue weighted by Gasteiger charge is -2.11. The lowest BCUT2D eigenvalue weighted by atomic mass is 10.2. The molecule has 6 heteroatoms. The smallest absolute Gasteiger partial charge is 0.319 e. The SMILES string of the molecule is CC(CNC(=O)Nc1cccc(F)c1)C(N)=S. The Morgan fingerprint density at radius 2 is 2.29 bits per heavy atom. The average Bonchev–Trinajstić information content (AvgIpc) is 2.25. The molecule has 0 spiro atoms. The number of amides is 2. The van der Waals surface area contributed by atoms with Crippen LogP contribution in [0.3, 0.4) is 0 Å². The van der Waals surface area contributed by atoms with Crippen molar-refractivity contribution in [3.05, 3.63) is 30.1 Å². The second kappa shape index (κ2) is 6.15. The molecule has 1 aromatic rings. The Morgan fingerprint density at radius 3 is 2.88 bits per heavy atom. The molecule has 0 heterocycles. The lowest BCUT2D eigenvalue weighted by molar-refractivity contribution is 0.251. The summed E-state index contributed by atoms with van der Waals surface area (Å²) in [6.45, 7) is 2.15. The summed E-state index contributed by atoms with van der Waals surface area (Å²) in [4.78, 5) is 11.8. The summed E-state index contributed by atoms with van der Waals surface area (Å²) in [7, 11) is 0. The molecule has 0 bridgehead atoms. The van der Waals surface area contributed by atoms with Crippen LogP contribution in [0.1, 0.15) is 6.92 Å². The highest BCUT2D eigenvalue weighted by Crippen LogP contribution is 2.08. The van der Waals surface area contributed by atoms with Crippen LogP contribution in [0.5, 0.6) is 0 Å². The van der Waals surface area contributed by atoms with E-state index in [1.807, 2.05) is 6.92 Å². The Morgan fingerprint density at radius 1 is 1.59 bits per heavy atom. The van der Waals surface area contributed by atoms with Crippen LogP contribution in [-0.2, 0) is 0 Å². The summed E-state index contributed by atoms with van der Waals surface area (Å²) in [6, 6.07) is 5.23. The number of carbonyl (C=O) groups is 1. The van der Waals surface area contributed by atoms with Crippen LogP contribution in [0.25, 0.3) is 0 Å². The van der Waals surface area contributed by atoms with Crippen molar-refractivity contribution in [3.8, 4) is 0 Å². The standard InChI is InChI=1S/C11H14FN3OS/c1-7(10(13)17)6-14-11(16)15-9-4-2-3-8(12)5-9/h2-5,7H,6H2,1H3,(H2,13,17)(H2,14,15,16). The molecule has 0 saturated carbocycles. The summed E-state index contributed by atoms with van der Waals surface area (Å²) in [5.74, 6) is -0.484. The highest BCUT2D eigenvalue weighted by molar-refractivity contribution is 7.80. The molecule has 0 saturated heterocycles. The molecule has 1 unspecified atom stereocenters. The van der Waals surface area contributed by atoms with Crippen molar-refractivity contribution >= 4 is 28.9 Å². The van der Waals surface area contributed by atoms with Gasteiger partial charge in [-0.2, -0.15) is 0 Å². The first-order chi connectivity index (χ1) is 7.99. The highest BCUT2D eigenvalue weighted by Gasteiger charge is 2.07. The normalized spacial score (nSPS) is 11.6. The van der Waals surface area contributed by atoms with Crippen molar-refractivity contribution in [2.75, 3.05) is 11.9 Å². The number of nitrogens with one attached hydrogen (secondary N) is 2. The fourth-order valence-corrected chi connectivity index (χ4v) is 1.17. The molecule has 0 fully saturated rings. The summed E-state index contributed by atoms with van der Waals surface area (Å²) in [6.07, 6.45) is 0. The maximum absolute atomic E-state index is 12.8. The van der Waals surface area contributed by atoms with Gasteiger partial charge in [-0.05, 0) is 18.2 Å². The minimum absolute atomic E-state index is 0.0803. The second-order valence-electron chi connectivity index (χ2n) is 3.65. The first-order valence-corrected chi connectivity index (χ1v) is 5.49. The first-order valence-electron chi connectivity index (χ1n) is 5.09. The third-order valence-corrected chi connectivity index (χ3v) is 2.54. The number of anilines is 1. The number of rotatable bonds is 4. The number of halogens is 1. The number of nitrogens with two attached hydrogens (primary N) is 1. The van der Waals surface area contributed by atoms with Crippen LogP contribution in [0.2, 0.25) is 0 Å². The van der Waals surface area contributed by atoms with E-state index in [-0.39, 0.29) is 5.92 Å². The van der Waals surface area contributed by atoms with Crippen LogP contribution in [0.15, 0.2) is 24.3 Å². The molecule has 2 amide bonds. The number of carbonyl (C=O) groups excluding carboxylic acids is 1. The minimum Gasteiger partial charge on any atom is -0.393 e. The molecule has 92 valence electrons. The van der Waals surface area contributed by atoms with E-state index in [0.717, 1.165) is 0 Å². The lowest BCUT2D eigenvalue weighted by Crippen LogP contribution is -2.36. The van der Waals surface area contributed by atoms with Gasteiger partial charge in [0.25, 0.3) is 0 Å². The Balaban J connectivity index is 2.42. The van der Waals surface area contributed by atoms with Crippen LogP contribution in [-0.4, -0.2) is 17.6 Å². The molecule has 17 heavy (non-hydrogen) atoms. The number of hydrogen-bond acceptors (Lipinski definition) is 2. The minimum atomic E-state index is -0.418. The van der Waals surface area contributed by atoms with Crippen molar-refractivity contribution in [1.82, 2.24) is 5.32 Å². The summed E-state index contributed by atoms with van der Waals surface area (Å²) < 4.78 is 12.8. The average molecular weight is 255 g/mol. The Labute approximate surface area is 104 Å². The van der Waals surface area contributed by atoms with Gasteiger partial charge in [0.05, 0.1) is 4.99 Å². The molecular formula is C11H14FN3OS. The molecule has 1 rings (SSSR count). The molecule has 1 atom stereocenters. The second-order valence-corrected chi connectivity index (χ2v) is 4.12. The predicted molar refractivity (Wildman–Crippen MR) is 69.4 cm³/mol. The topological polar surface area (TPSA) is 67.2 Å². The Bertz CT molecular complexity index is 425. The van der Waals surface area contributed by atoms with E-state index in [0.29, 0.717) is 17.2 Å². The molecule has 0 radical (unpaired) electrons.